The zero-order valence-corrected chi connectivity index (χ0v) is 12.7. The van der Waals surface area contributed by atoms with E-state index in [9.17, 15) is 0 Å². The molecule has 0 bridgehead atoms. The van der Waals surface area contributed by atoms with E-state index >= 15 is 0 Å². The highest BCUT2D eigenvalue weighted by Crippen LogP contribution is 2.33. The highest BCUT2D eigenvalue weighted by Gasteiger charge is 2.17. The molecule has 1 aliphatic heterocycles. The molecule has 1 aliphatic rings. The first-order valence-electron chi connectivity index (χ1n) is 6.00. The van der Waals surface area contributed by atoms with Crippen LogP contribution in [0.2, 0.25) is 10.0 Å². The predicted molar refractivity (Wildman–Crippen MR) is 80.2 cm³/mol. The summed E-state index contributed by atoms with van der Waals surface area (Å²) in [6.07, 6.45) is -0.167. The quantitative estimate of drug-likeness (QED) is 0.899. The Kier molecular flexibility index (Phi) is 6.61. The Morgan fingerprint density at radius 1 is 1.45 bits per heavy atom. The van der Waals surface area contributed by atoms with Crippen molar-refractivity contribution in [2.24, 2.45) is 4.99 Å². The van der Waals surface area contributed by atoms with Crippen molar-refractivity contribution in [3.8, 4) is 5.75 Å². The van der Waals surface area contributed by atoms with E-state index in [0.717, 1.165) is 25.8 Å². The van der Waals surface area contributed by atoms with Crippen LogP contribution < -0.4 is 10.1 Å². The molecule has 5 nitrogen and oxygen atoms in total. The highest BCUT2D eigenvalue weighted by molar-refractivity contribution is 6.37. The fourth-order valence-electron chi connectivity index (χ4n) is 1.52. The minimum absolute atomic E-state index is 0.167. The summed E-state index contributed by atoms with van der Waals surface area (Å²) in [6.45, 7) is 4.65. The number of carboxylic acid groups (broad SMARTS) is 1. The van der Waals surface area contributed by atoms with Crippen LogP contribution in [0.4, 0.5) is 0 Å². The molecule has 1 atom stereocenters. The largest absolute Gasteiger partial charge is 0.481 e. The zero-order valence-electron chi connectivity index (χ0n) is 11.2. The number of benzene rings is 1. The summed E-state index contributed by atoms with van der Waals surface area (Å²) in [5, 5.41) is 11.6. The number of ether oxygens (including phenoxy) is 1. The van der Waals surface area contributed by atoms with E-state index in [4.69, 9.17) is 37.8 Å². The molecule has 1 unspecified atom stereocenters. The fourth-order valence-corrected chi connectivity index (χ4v) is 2.00. The number of nitrogens with zero attached hydrogens (tertiary/aromatic N) is 1. The zero-order chi connectivity index (χ0) is 15.1. The Hall–Kier alpha value is -1.46. The molecule has 2 rings (SSSR count). The average molecular weight is 319 g/mol. The first-order chi connectivity index (χ1) is 9.41. The van der Waals surface area contributed by atoms with Crippen molar-refractivity contribution < 1.29 is 14.6 Å². The van der Waals surface area contributed by atoms with Crippen molar-refractivity contribution in [3.63, 3.8) is 0 Å². The Balaban J connectivity index is 0.000000444. The maximum absolute atomic E-state index is 9.00. The van der Waals surface area contributed by atoms with Crippen LogP contribution in [0.5, 0.6) is 5.75 Å². The number of aliphatic carboxylic acids is 1. The molecule has 20 heavy (non-hydrogen) atoms. The van der Waals surface area contributed by atoms with Gasteiger partial charge in [0.2, 0.25) is 0 Å². The van der Waals surface area contributed by atoms with E-state index in [1.165, 1.54) is 0 Å². The second-order valence-electron chi connectivity index (χ2n) is 4.02. The average Bonchev–Trinajstić information content (AvgIpc) is 2.87. The minimum Gasteiger partial charge on any atom is -0.481 e. The van der Waals surface area contributed by atoms with E-state index in [2.05, 4.69) is 10.3 Å². The fraction of sp³-hybridized carbons (Fsp3) is 0.385. The SMILES string of the molecule is CC(=O)O.CC(Oc1c(Cl)cccc1Cl)C1=NCCN1. The van der Waals surface area contributed by atoms with Crippen LogP contribution in [0, 0.1) is 0 Å². The molecule has 1 aromatic carbocycles. The summed E-state index contributed by atoms with van der Waals surface area (Å²) in [5.41, 5.74) is 0. The summed E-state index contributed by atoms with van der Waals surface area (Å²) in [5.74, 6) is 0.519. The lowest BCUT2D eigenvalue weighted by Crippen LogP contribution is -2.33. The number of carboxylic acids is 1. The number of amidine groups is 1. The van der Waals surface area contributed by atoms with Gasteiger partial charge in [0.1, 0.15) is 5.84 Å². The molecule has 110 valence electrons. The van der Waals surface area contributed by atoms with Crippen LogP contribution in [0.3, 0.4) is 0 Å². The lowest BCUT2D eigenvalue weighted by atomic mass is 10.3. The Morgan fingerprint density at radius 2 is 2.00 bits per heavy atom. The number of carbonyl (C=O) groups is 1. The van der Waals surface area contributed by atoms with Gasteiger partial charge in [-0.1, -0.05) is 29.3 Å². The van der Waals surface area contributed by atoms with Crippen molar-refractivity contribution in [1.29, 1.82) is 0 Å². The molecule has 0 spiro atoms. The van der Waals surface area contributed by atoms with Crippen molar-refractivity contribution in [2.45, 2.75) is 20.0 Å². The van der Waals surface area contributed by atoms with Crippen LogP contribution in [0.1, 0.15) is 13.8 Å². The topological polar surface area (TPSA) is 70.9 Å². The van der Waals surface area contributed by atoms with Gasteiger partial charge in [-0.25, -0.2) is 0 Å². The molecule has 0 aromatic heterocycles. The molecule has 0 saturated carbocycles. The Labute approximate surface area is 127 Å². The molecule has 1 heterocycles. The van der Waals surface area contributed by atoms with Crippen LogP contribution in [0.25, 0.3) is 0 Å². The normalized spacial score (nSPS) is 14.5. The van der Waals surface area contributed by atoms with Crippen molar-refractivity contribution in [1.82, 2.24) is 5.32 Å². The van der Waals surface area contributed by atoms with Gasteiger partial charge < -0.3 is 15.2 Å². The van der Waals surface area contributed by atoms with Crippen LogP contribution >= 0.6 is 23.2 Å². The van der Waals surface area contributed by atoms with Crippen molar-refractivity contribution >= 4 is 35.0 Å². The van der Waals surface area contributed by atoms with Gasteiger partial charge in [-0.15, -0.1) is 0 Å². The second kappa shape index (κ2) is 7.97. The van der Waals surface area contributed by atoms with Crippen LogP contribution in [-0.2, 0) is 4.79 Å². The Bertz CT molecular complexity index is 482. The molecule has 2 N–H and O–H groups in total. The Morgan fingerprint density at radius 3 is 2.45 bits per heavy atom. The third-order valence-electron chi connectivity index (χ3n) is 2.30. The molecule has 0 saturated heterocycles. The van der Waals surface area contributed by atoms with E-state index in [-0.39, 0.29) is 6.10 Å². The smallest absolute Gasteiger partial charge is 0.300 e. The monoisotopic (exact) mass is 318 g/mol. The summed E-state index contributed by atoms with van der Waals surface area (Å²) >= 11 is 12.0. The molecule has 0 radical (unpaired) electrons. The summed E-state index contributed by atoms with van der Waals surface area (Å²) in [6, 6.07) is 5.28. The molecule has 0 fully saturated rings. The molecular weight excluding hydrogens is 303 g/mol. The number of para-hydroxylation sites is 1. The minimum atomic E-state index is -0.833. The van der Waals surface area contributed by atoms with Gasteiger partial charge >= 0.3 is 0 Å². The molecule has 1 aromatic rings. The third-order valence-corrected chi connectivity index (χ3v) is 2.89. The number of rotatable bonds is 3. The van der Waals surface area contributed by atoms with Gasteiger partial charge in [-0.05, 0) is 19.1 Å². The lowest BCUT2D eigenvalue weighted by molar-refractivity contribution is -0.134. The number of hydrogen-bond donors (Lipinski definition) is 2. The lowest BCUT2D eigenvalue weighted by Gasteiger charge is -2.16. The van der Waals surface area contributed by atoms with Crippen LogP contribution in [0.15, 0.2) is 23.2 Å². The van der Waals surface area contributed by atoms with Gasteiger partial charge in [0, 0.05) is 13.5 Å². The van der Waals surface area contributed by atoms with Gasteiger partial charge in [0.05, 0.1) is 16.6 Å². The van der Waals surface area contributed by atoms with E-state index in [1.807, 2.05) is 6.92 Å². The molecular formula is C13H16Cl2N2O3. The van der Waals surface area contributed by atoms with E-state index in [1.54, 1.807) is 18.2 Å². The number of halogens is 2. The van der Waals surface area contributed by atoms with Crippen molar-refractivity contribution in [3.05, 3.63) is 28.2 Å². The summed E-state index contributed by atoms with van der Waals surface area (Å²) in [7, 11) is 0. The first kappa shape index (κ1) is 16.6. The predicted octanol–water partition coefficient (Wildman–Crippen LogP) is 2.85. The highest BCUT2D eigenvalue weighted by atomic mass is 35.5. The second-order valence-corrected chi connectivity index (χ2v) is 4.84. The van der Waals surface area contributed by atoms with Crippen LogP contribution in [-0.4, -0.2) is 36.1 Å². The molecule has 0 amide bonds. The maximum atomic E-state index is 9.00. The maximum Gasteiger partial charge on any atom is 0.300 e. The summed E-state index contributed by atoms with van der Waals surface area (Å²) < 4.78 is 5.70. The van der Waals surface area contributed by atoms with Crippen molar-refractivity contribution in [2.75, 3.05) is 13.1 Å². The van der Waals surface area contributed by atoms with Gasteiger partial charge in [0.15, 0.2) is 11.9 Å². The first-order valence-corrected chi connectivity index (χ1v) is 6.75. The van der Waals surface area contributed by atoms with Gasteiger partial charge in [0.25, 0.3) is 5.97 Å². The third kappa shape index (κ3) is 5.27. The molecule has 0 aliphatic carbocycles. The standard InChI is InChI=1S/C11H12Cl2N2O.C2H4O2/c1-7(11-14-5-6-15-11)16-10-8(12)3-2-4-9(10)13;1-2(3)4/h2-4,7H,5-6H2,1H3,(H,14,15);1H3,(H,3,4). The van der Waals surface area contributed by atoms with Gasteiger partial charge in [-0.2, -0.15) is 0 Å². The summed E-state index contributed by atoms with van der Waals surface area (Å²) in [4.78, 5) is 13.3. The molecule has 7 heteroatoms. The number of hydrogen-bond acceptors (Lipinski definition) is 4. The number of nitrogens with one attached hydrogen (secondary N) is 1. The van der Waals surface area contributed by atoms with Gasteiger partial charge in [-0.3, -0.25) is 9.79 Å². The van der Waals surface area contributed by atoms with E-state index in [0.29, 0.717) is 15.8 Å². The van der Waals surface area contributed by atoms with E-state index < -0.39 is 5.97 Å². The number of aliphatic imine (C=N–C) groups is 1.